The Morgan fingerprint density at radius 3 is 2.60 bits per heavy atom. The van der Waals surface area contributed by atoms with Crippen molar-refractivity contribution in [2.75, 3.05) is 11.1 Å². The van der Waals surface area contributed by atoms with Gasteiger partial charge < -0.3 is 20.2 Å². The Morgan fingerprint density at radius 1 is 1.14 bits per heavy atom. The maximum Gasteiger partial charge on any atom is 0.263 e. The third-order valence-corrected chi connectivity index (χ3v) is 6.64. The first-order valence-corrected chi connectivity index (χ1v) is 12.1. The van der Waals surface area contributed by atoms with Crippen LogP contribution in [-0.2, 0) is 6.54 Å². The van der Waals surface area contributed by atoms with Gasteiger partial charge in [0.15, 0.2) is 0 Å². The highest BCUT2D eigenvalue weighted by Crippen LogP contribution is 2.38. The number of nitrogens with one attached hydrogen (secondary N) is 1. The molecule has 0 bridgehead atoms. The number of hydrogen-bond donors (Lipinski definition) is 2. The van der Waals surface area contributed by atoms with Gasteiger partial charge in [-0.15, -0.1) is 0 Å². The molecule has 0 saturated heterocycles. The van der Waals surface area contributed by atoms with E-state index in [0.717, 1.165) is 35.0 Å². The number of nitrogen functional groups attached to an aromatic ring is 1. The SMILES string of the molecule is CC(C)Cn1cccc(C(=O)Nc2ccc(-c3cn(C4CCCC4)c4ncnc(N)c34)cc2)c1=O. The van der Waals surface area contributed by atoms with E-state index in [2.05, 4.69) is 26.0 Å². The van der Waals surface area contributed by atoms with Crippen LogP contribution in [0.2, 0.25) is 0 Å². The maximum absolute atomic E-state index is 12.8. The minimum atomic E-state index is -0.420. The number of hydrogen-bond acceptors (Lipinski definition) is 5. The number of nitrogens with zero attached hydrogens (tertiary/aromatic N) is 4. The van der Waals surface area contributed by atoms with E-state index in [4.69, 9.17) is 5.73 Å². The Bertz CT molecular complexity index is 1430. The van der Waals surface area contributed by atoms with Gasteiger partial charge in [-0.2, -0.15) is 0 Å². The number of aromatic nitrogens is 4. The van der Waals surface area contributed by atoms with Crippen molar-refractivity contribution in [2.24, 2.45) is 5.92 Å². The molecule has 1 aromatic carbocycles. The molecule has 8 heteroatoms. The molecule has 0 spiro atoms. The third kappa shape index (κ3) is 4.43. The molecule has 1 aliphatic rings. The van der Waals surface area contributed by atoms with Gasteiger partial charge in [0.25, 0.3) is 11.5 Å². The molecule has 8 nitrogen and oxygen atoms in total. The fourth-order valence-corrected chi connectivity index (χ4v) is 4.97. The number of amides is 1. The monoisotopic (exact) mass is 470 g/mol. The molecule has 0 radical (unpaired) electrons. The smallest absolute Gasteiger partial charge is 0.263 e. The lowest BCUT2D eigenvalue weighted by atomic mass is 10.1. The summed E-state index contributed by atoms with van der Waals surface area (Å²) in [6.45, 7) is 4.63. The number of rotatable bonds is 6. The van der Waals surface area contributed by atoms with Gasteiger partial charge in [-0.1, -0.05) is 38.8 Å². The van der Waals surface area contributed by atoms with Gasteiger partial charge >= 0.3 is 0 Å². The Kier molecular flexibility index (Phi) is 6.11. The summed E-state index contributed by atoms with van der Waals surface area (Å²) in [5, 5.41) is 3.70. The summed E-state index contributed by atoms with van der Waals surface area (Å²) in [5.41, 5.74) is 9.52. The largest absolute Gasteiger partial charge is 0.383 e. The van der Waals surface area contributed by atoms with Crippen LogP contribution in [0.25, 0.3) is 22.2 Å². The second-order valence-corrected chi connectivity index (χ2v) is 9.65. The lowest BCUT2D eigenvalue weighted by Crippen LogP contribution is -2.29. The van der Waals surface area contributed by atoms with Crippen molar-refractivity contribution >= 4 is 28.4 Å². The highest BCUT2D eigenvalue weighted by atomic mass is 16.2. The predicted octanol–water partition coefficient (Wildman–Crippen LogP) is 4.87. The fraction of sp³-hybridized carbons (Fsp3) is 0.333. The minimum absolute atomic E-state index is 0.127. The number of carbonyl (C=O) groups excluding carboxylic acids is 1. The average Bonchev–Trinajstić information content (AvgIpc) is 3.49. The van der Waals surface area contributed by atoms with Crippen LogP contribution < -0.4 is 16.6 Å². The van der Waals surface area contributed by atoms with Crippen molar-refractivity contribution in [2.45, 2.75) is 52.1 Å². The molecule has 0 atom stereocenters. The van der Waals surface area contributed by atoms with Crippen LogP contribution in [0.3, 0.4) is 0 Å². The summed E-state index contributed by atoms with van der Waals surface area (Å²) < 4.78 is 3.82. The van der Waals surface area contributed by atoms with Crippen LogP contribution in [0.5, 0.6) is 0 Å². The van der Waals surface area contributed by atoms with E-state index < -0.39 is 5.91 Å². The van der Waals surface area contributed by atoms with Crippen molar-refractivity contribution in [3.63, 3.8) is 0 Å². The van der Waals surface area contributed by atoms with Crippen molar-refractivity contribution in [1.82, 2.24) is 19.1 Å². The van der Waals surface area contributed by atoms with Crippen molar-refractivity contribution in [1.29, 1.82) is 0 Å². The first-order chi connectivity index (χ1) is 16.9. The number of benzene rings is 1. The predicted molar refractivity (Wildman–Crippen MR) is 138 cm³/mol. The van der Waals surface area contributed by atoms with E-state index in [0.29, 0.717) is 30.0 Å². The van der Waals surface area contributed by atoms with Gasteiger partial charge in [0.05, 0.1) is 5.39 Å². The number of pyridine rings is 1. The quantitative estimate of drug-likeness (QED) is 0.418. The van der Waals surface area contributed by atoms with Crippen molar-refractivity contribution in [3.8, 4) is 11.1 Å². The second kappa shape index (κ2) is 9.37. The van der Waals surface area contributed by atoms with Crippen LogP contribution in [0.4, 0.5) is 11.5 Å². The summed E-state index contributed by atoms with van der Waals surface area (Å²) >= 11 is 0. The highest BCUT2D eigenvalue weighted by molar-refractivity contribution is 6.04. The number of fused-ring (bicyclic) bond motifs is 1. The van der Waals surface area contributed by atoms with Crippen LogP contribution in [0, 0.1) is 5.92 Å². The van der Waals surface area contributed by atoms with Crippen LogP contribution in [0.1, 0.15) is 55.9 Å². The molecule has 180 valence electrons. The summed E-state index contributed by atoms with van der Waals surface area (Å²) in [4.78, 5) is 34.3. The fourth-order valence-electron chi connectivity index (χ4n) is 4.97. The molecule has 1 fully saturated rings. The average molecular weight is 471 g/mol. The first-order valence-electron chi connectivity index (χ1n) is 12.1. The van der Waals surface area contributed by atoms with Gasteiger partial charge in [0.2, 0.25) is 0 Å². The van der Waals surface area contributed by atoms with Crippen molar-refractivity contribution in [3.05, 3.63) is 71.0 Å². The molecule has 35 heavy (non-hydrogen) atoms. The summed E-state index contributed by atoms with van der Waals surface area (Å²) in [7, 11) is 0. The Morgan fingerprint density at radius 2 is 1.89 bits per heavy atom. The second-order valence-electron chi connectivity index (χ2n) is 9.65. The molecular formula is C27H30N6O2. The molecule has 1 aliphatic carbocycles. The van der Waals surface area contributed by atoms with Gasteiger partial charge in [0.1, 0.15) is 23.4 Å². The molecule has 0 unspecified atom stereocenters. The van der Waals surface area contributed by atoms with Crippen molar-refractivity contribution < 1.29 is 4.79 Å². The molecule has 1 saturated carbocycles. The molecular weight excluding hydrogens is 440 g/mol. The minimum Gasteiger partial charge on any atom is -0.383 e. The van der Waals surface area contributed by atoms with E-state index >= 15 is 0 Å². The van der Waals surface area contributed by atoms with Gasteiger partial charge in [-0.3, -0.25) is 9.59 Å². The summed E-state index contributed by atoms with van der Waals surface area (Å²) in [5.74, 6) is 0.342. The van der Waals surface area contributed by atoms with E-state index in [1.807, 2.05) is 38.1 Å². The maximum atomic E-state index is 12.8. The molecule has 3 heterocycles. The Hall–Kier alpha value is -3.94. The molecule has 3 N–H and O–H groups in total. The highest BCUT2D eigenvalue weighted by Gasteiger charge is 2.23. The Balaban J connectivity index is 1.42. The normalized spacial score (nSPS) is 14.1. The van der Waals surface area contributed by atoms with E-state index in [1.165, 1.54) is 19.2 Å². The zero-order valence-corrected chi connectivity index (χ0v) is 20.1. The Labute approximate surface area is 203 Å². The van der Waals surface area contributed by atoms with Gasteiger partial charge in [-0.05, 0) is 48.6 Å². The van der Waals surface area contributed by atoms with E-state index in [1.54, 1.807) is 22.9 Å². The van der Waals surface area contributed by atoms with E-state index in [-0.39, 0.29) is 11.1 Å². The zero-order chi connectivity index (χ0) is 24.5. The van der Waals surface area contributed by atoms with Crippen LogP contribution in [0.15, 0.2) is 59.9 Å². The topological polar surface area (TPSA) is 108 Å². The van der Waals surface area contributed by atoms with Crippen LogP contribution >= 0.6 is 0 Å². The van der Waals surface area contributed by atoms with Gasteiger partial charge in [0, 0.05) is 36.2 Å². The van der Waals surface area contributed by atoms with E-state index in [9.17, 15) is 9.59 Å². The first kappa shape index (κ1) is 22.8. The molecule has 3 aromatic heterocycles. The third-order valence-electron chi connectivity index (χ3n) is 6.64. The molecule has 0 aliphatic heterocycles. The molecule has 1 amide bonds. The number of nitrogens with two attached hydrogens (primary N) is 1. The summed E-state index contributed by atoms with van der Waals surface area (Å²) in [6.07, 6.45) is 10.1. The number of carbonyl (C=O) groups is 1. The molecule has 4 aromatic rings. The van der Waals surface area contributed by atoms with Gasteiger partial charge in [-0.25, -0.2) is 9.97 Å². The summed E-state index contributed by atoms with van der Waals surface area (Å²) in [6, 6.07) is 11.3. The van der Waals surface area contributed by atoms with Crippen LogP contribution in [-0.4, -0.2) is 25.0 Å². The number of anilines is 2. The molecule has 5 rings (SSSR count). The lowest BCUT2D eigenvalue weighted by molar-refractivity contribution is 0.102. The zero-order valence-electron chi connectivity index (χ0n) is 20.1. The standard InChI is InChI=1S/C27H30N6O2/c1-17(2)14-32-13-5-8-21(27(32)35)26(34)31-19-11-9-18(10-12-19)22-15-33(20-6-3-4-7-20)25-23(22)24(28)29-16-30-25/h5,8-13,15-17,20H,3-4,6-7,14H2,1-2H3,(H,31,34)(H2,28,29,30). The lowest BCUT2D eigenvalue weighted by Gasteiger charge is -2.12.